The highest BCUT2D eigenvalue weighted by Gasteiger charge is 2.31. The molecule has 0 bridgehead atoms. The van der Waals surface area contributed by atoms with Gasteiger partial charge in [-0.05, 0) is 37.0 Å². The number of anilines is 1. The van der Waals surface area contributed by atoms with Crippen molar-refractivity contribution in [3.8, 4) is 11.3 Å². The van der Waals surface area contributed by atoms with Gasteiger partial charge in [-0.3, -0.25) is 4.79 Å². The largest absolute Gasteiger partial charge is 0.382 e. The Balaban J connectivity index is 1.54. The smallest absolute Gasteiger partial charge is 0.254 e. The summed E-state index contributed by atoms with van der Waals surface area (Å²) in [6.07, 6.45) is 5.54. The van der Waals surface area contributed by atoms with Gasteiger partial charge in [-0.2, -0.15) is 0 Å². The molecule has 1 heterocycles. The minimum atomic E-state index is -3.14. The average molecular weight is 483 g/mol. The van der Waals surface area contributed by atoms with E-state index in [1.165, 1.54) is 18.4 Å². The van der Waals surface area contributed by atoms with Gasteiger partial charge in [-0.1, -0.05) is 42.8 Å². The van der Waals surface area contributed by atoms with Crippen LogP contribution in [0.2, 0.25) is 0 Å². The van der Waals surface area contributed by atoms with Crippen molar-refractivity contribution >= 4 is 21.6 Å². The summed E-state index contributed by atoms with van der Waals surface area (Å²) in [4.78, 5) is 21.3. The second-order valence-corrected chi connectivity index (χ2v) is 11.0. The minimum Gasteiger partial charge on any atom is -0.382 e. The second-order valence-electron chi connectivity index (χ2n) is 8.71. The molecule has 1 fully saturated rings. The summed E-state index contributed by atoms with van der Waals surface area (Å²) in [5.74, 6) is -1.13. The number of hydrogen-bond acceptors (Lipinski definition) is 6. The molecule has 1 amide bonds. The SMILES string of the molecule is CS(=O)(=O)C1CCCC(c2cnc(N)c(-c3ccc(C(=O)NCc4ccccc4)c(F)c3)n2)C1. The molecule has 3 N–H and O–H groups in total. The molecule has 0 aliphatic heterocycles. The average Bonchev–Trinajstić information content (AvgIpc) is 2.83. The van der Waals surface area contributed by atoms with E-state index in [1.54, 1.807) is 12.3 Å². The monoisotopic (exact) mass is 482 g/mol. The Hall–Kier alpha value is -3.33. The number of hydrogen-bond donors (Lipinski definition) is 2. The fourth-order valence-electron chi connectivity index (χ4n) is 4.34. The van der Waals surface area contributed by atoms with Crippen LogP contribution in [0.4, 0.5) is 10.2 Å². The normalized spacial score (nSPS) is 18.4. The van der Waals surface area contributed by atoms with Gasteiger partial charge in [0.2, 0.25) is 0 Å². The lowest BCUT2D eigenvalue weighted by Crippen LogP contribution is -2.27. The van der Waals surface area contributed by atoms with Crippen LogP contribution in [-0.4, -0.2) is 35.8 Å². The zero-order valence-electron chi connectivity index (χ0n) is 18.9. The van der Waals surface area contributed by atoms with Crippen molar-refractivity contribution < 1.29 is 17.6 Å². The molecule has 9 heteroatoms. The van der Waals surface area contributed by atoms with Crippen LogP contribution in [0.1, 0.15) is 53.2 Å². The number of benzene rings is 2. The van der Waals surface area contributed by atoms with Crippen molar-refractivity contribution in [3.05, 3.63) is 77.4 Å². The number of carbonyl (C=O) groups is 1. The Kier molecular flexibility index (Phi) is 6.92. The van der Waals surface area contributed by atoms with Crippen molar-refractivity contribution in [1.82, 2.24) is 15.3 Å². The Morgan fingerprint density at radius 1 is 1.18 bits per heavy atom. The number of aromatic nitrogens is 2. The maximum absolute atomic E-state index is 14.9. The van der Waals surface area contributed by atoms with E-state index in [-0.39, 0.29) is 23.8 Å². The molecule has 2 atom stereocenters. The maximum atomic E-state index is 14.9. The molecule has 2 unspecified atom stereocenters. The van der Waals surface area contributed by atoms with Gasteiger partial charge in [0.05, 0.1) is 22.7 Å². The molecule has 1 aliphatic carbocycles. The third-order valence-corrected chi connectivity index (χ3v) is 7.89. The lowest BCUT2D eigenvalue weighted by Gasteiger charge is -2.27. The third-order valence-electron chi connectivity index (χ3n) is 6.25. The predicted molar refractivity (Wildman–Crippen MR) is 129 cm³/mol. The summed E-state index contributed by atoms with van der Waals surface area (Å²) < 4.78 is 38.9. The van der Waals surface area contributed by atoms with E-state index in [9.17, 15) is 17.6 Å². The lowest BCUT2D eigenvalue weighted by molar-refractivity contribution is 0.0947. The van der Waals surface area contributed by atoms with Crippen molar-refractivity contribution in [2.24, 2.45) is 0 Å². The number of nitrogen functional groups attached to an aromatic ring is 1. The van der Waals surface area contributed by atoms with E-state index in [2.05, 4.69) is 15.3 Å². The number of sulfone groups is 1. The van der Waals surface area contributed by atoms with E-state index in [0.717, 1.165) is 18.4 Å². The summed E-state index contributed by atoms with van der Waals surface area (Å²) in [7, 11) is -3.14. The first-order valence-electron chi connectivity index (χ1n) is 11.2. The molecule has 0 radical (unpaired) electrons. The second kappa shape index (κ2) is 9.89. The Morgan fingerprint density at radius 3 is 2.65 bits per heavy atom. The Bertz CT molecular complexity index is 1300. The molecule has 4 rings (SSSR count). The van der Waals surface area contributed by atoms with Crippen molar-refractivity contribution in [3.63, 3.8) is 0 Å². The van der Waals surface area contributed by atoms with Crippen LogP contribution in [0.5, 0.6) is 0 Å². The number of amides is 1. The highest BCUT2D eigenvalue weighted by molar-refractivity contribution is 7.91. The van der Waals surface area contributed by atoms with Crippen LogP contribution >= 0.6 is 0 Å². The maximum Gasteiger partial charge on any atom is 0.254 e. The van der Waals surface area contributed by atoms with E-state index >= 15 is 0 Å². The number of carbonyl (C=O) groups excluding carboxylic acids is 1. The first-order valence-corrected chi connectivity index (χ1v) is 13.1. The standard InChI is InChI=1S/C25H27FN4O3S/c1-34(32,33)19-9-5-8-17(12-19)22-15-28-24(27)23(30-22)18-10-11-20(21(26)13-18)25(31)29-14-16-6-3-2-4-7-16/h2-4,6-7,10-11,13,15,17,19H,5,8-9,12,14H2,1H3,(H2,27,28)(H,29,31). The van der Waals surface area contributed by atoms with Crippen molar-refractivity contribution in [2.75, 3.05) is 12.0 Å². The van der Waals surface area contributed by atoms with Crippen LogP contribution in [0.15, 0.2) is 54.7 Å². The van der Waals surface area contributed by atoms with Crippen molar-refractivity contribution in [2.45, 2.75) is 43.4 Å². The number of nitrogens with zero attached hydrogens (tertiary/aromatic N) is 2. The molecular weight excluding hydrogens is 455 g/mol. The van der Waals surface area contributed by atoms with Crippen LogP contribution in [0.3, 0.4) is 0 Å². The molecule has 34 heavy (non-hydrogen) atoms. The zero-order chi connectivity index (χ0) is 24.3. The molecule has 2 aromatic carbocycles. The van der Waals surface area contributed by atoms with Gasteiger partial charge >= 0.3 is 0 Å². The van der Waals surface area contributed by atoms with E-state index in [0.29, 0.717) is 29.8 Å². The van der Waals surface area contributed by atoms with Crippen molar-refractivity contribution in [1.29, 1.82) is 0 Å². The van der Waals surface area contributed by atoms with E-state index in [4.69, 9.17) is 5.73 Å². The number of halogens is 1. The highest BCUT2D eigenvalue weighted by atomic mass is 32.2. The van der Waals surface area contributed by atoms with Crippen LogP contribution in [0.25, 0.3) is 11.3 Å². The first-order chi connectivity index (χ1) is 16.2. The van der Waals surface area contributed by atoms with Crippen LogP contribution in [0, 0.1) is 5.82 Å². The molecule has 3 aromatic rings. The predicted octanol–water partition coefficient (Wildman–Crippen LogP) is 3.87. The topological polar surface area (TPSA) is 115 Å². The van der Waals surface area contributed by atoms with Gasteiger partial charge in [0.1, 0.15) is 27.2 Å². The lowest BCUT2D eigenvalue weighted by atomic mass is 9.86. The van der Waals surface area contributed by atoms with E-state index in [1.807, 2.05) is 30.3 Å². The van der Waals surface area contributed by atoms with Gasteiger partial charge in [0, 0.05) is 24.3 Å². The van der Waals surface area contributed by atoms with Gasteiger partial charge < -0.3 is 11.1 Å². The Morgan fingerprint density at radius 2 is 1.94 bits per heavy atom. The molecule has 0 saturated heterocycles. The summed E-state index contributed by atoms with van der Waals surface area (Å²) in [5, 5.41) is 2.31. The van der Waals surface area contributed by atoms with Gasteiger partial charge in [-0.15, -0.1) is 0 Å². The highest BCUT2D eigenvalue weighted by Crippen LogP contribution is 2.36. The minimum absolute atomic E-state index is 0.0618. The fourth-order valence-corrected chi connectivity index (χ4v) is 5.52. The van der Waals surface area contributed by atoms with Gasteiger partial charge in [0.25, 0.3) is 5.91 Å². The van der Waals surface area contributed by atoms with Gasteiger partial charge in [-0.25, -0.2) is 22.8 Å². The van der Waals surface area contributed by atoms with Crippen LogP contribution < -0.4 is 11.1 Å². The molecule has 1 aromatic heterocycles. The third kappa shape index (κ3) is 5.41. The summed E-state index contributed by atoms with van der Waals surface area (Å²) >= 11 is 0. The first kappa shape index (κ1) is 23.8. The molecule has 178 valence electrons. The quantitative estimate of drug-likeness (QED) is 0.551. The fraction of sp³-hybridized carbons (Fsp3) is 0.320. The number of rotatable bonds is 6. The molecule has 1 saturated carbocycles. The molecule has 1 aliphatic rings. The summed E-state index contributed by atoms with van der Waals surface area (Å²) in [6.45, 7) is 0.289. The number of nitrogens with one attached hydrogen (secondary N) is 1. The van der Waals surface area contributed by atoms with E-state index < -0.39 is 26.8 Å². The zero-order valence-corrected chi connectivity index (χ0v) is 19.7. The molecule has 7 nitrogen and oxygen atoms in total. The van der Waals surface area contributed by atoms with Gasteiger partial charge in [0.15, 0.2) is 0 Å². The summed E-state index contributed by atoms with van der Waals surface area (Å²) in [5.41, 5.74) is 8.23. The Labute approximate surface area is 198 Å². The number of nitrogens with two attached hydrogens (primary N) is 1. The molecular formula is C25H27FN4O3S. The van der Waals surface area contributed by atoms with Crippen LogP contribution in [-0.2, 0) is 16.4 Å². The molecule has 0 spiro atoms. The summed E-state index contributed by atoms with van der Waals surface area (Å²) in [6, 6.07) is 13.6.